The van der Waals surface area contributed by atoms with Crippen molar-refractivity contribution in [2.45, 2.75) is 13.3 Å². The molecule has 0 unspecified atom stereocenters. The number of benzene rings is 1. The molecule has 1 aromatic carbocycles. The van der Waals surface area contributed by atoms with Crippen LogP contribution in [-0.2, 0) is 0 Å². The van der Waals surface area contributed by atoms with Crippen molar-refractivity contribution in [3.05, 3.63) is 65.7 Å². The molecule has 1 aliphatic heterocycles. The van der Waals surface area contributed by atoms with Gasteiger partial charge in [0.25, 0.3) is 0 Å². The molecule has 1 aliphatic rings. The molecule has 0 atom stereocenters. The smallest absolute Gasteiger partial charge is 0.161 e. The van der Waals surface area contributed by atoms with E-state index in [9.17, 15) is 4.39 Å². The maximum absolute atomic E-state index is 14.0. The first-order chi connectivity index (χ1) is 15.7. The normalized spacial score (nSPS) is 14.2. The van der Waals surface area contributed by atoms with Crippen LogP contribution in [0.25, 0.3) is 50.4 Å². The van der Waals surface area contributed by atoms with Crippen LogP contribution in [0.15, 0.2) is 48.7 Å². The highest BCUT2D eigenvalue weighted by Gasteiger charge is 2.18. The van der Waals surface area contributed by atoms with Gasteiger partial charge in [0.15, 0.2) is 11.5 Å². The lowest BCUT2D eigenvalue weighted by molar-refractivity contribution is 0.627. The number of fused-ring (bicyclic) bond motifs is 2. The largest absolute Gasteiger partial charge is 0.336 e. The van der Waals surface area contributed by atoms with Gasteiger partial charge in [-0.05, 0) is 67.4 Å². The summed E-state index contributed by atoms with van der Waals surface area (Å²) in [6.45, 7) is 3.66. The highest BCUT2D eigenvalue weighted by Crippen LogP contribution is 2.31. The van der Waals surface area contributed by atoms with E-state index in [4.69, 9.17) is 9.97 Å². The van der Waals surface area contributed by atoms with Crippen LogP contribution in [0.4, 0.5) is 4.39 Å². The van der Waals surface area contributed by atoms with Crippen molar-refractivity contribution < 1.29 is 4.39 Å². The van der Waals surface area contributed by atoms with E-state index >= 15 is 0 Å². The van der Waals surface area contributed by atoms with E-state index < -0.39 is 0 Å². The van der Waals surface area contributed by atoms with E-state index in [0.717, 1.165) is 47.3 Å². The average Bonchev–Trinajstić information content (AvgIpc) is 3.42. The first kappa shape index (κ1) is 18.8. The second kappa shape index (κ2) is 7.35. The second-order valence-electron chi connectivity index (χ2n) is 8.01. The molecule has 7 nitrogen and oxygen atoms in total. The minimum Gasteiger partial charge on any atom is -0.336 e. The second-order valence-corrected chi connectivity index (χ2v) is 8.01. The average molecular weight is 425 g/mol. The van der Waals surface area contributed by atoms with Crippen molar-refractivity contribution in [1.29, 1.82) is 0 Å². The fraction of sp³-hybridized carbons (Fsp3) is 0.167. The van der Waals surface area contributed by atoms with E-state index in [1.165, 1.54) is 17.7 Å². The van der Waals surface area contributed by atoms with Crippen molar-refractivity contribution >= 4 is 27.6 Å². The van der Waals surface area contributed by atoms with E-state index in [-0.39, 0.29) is 5.82 Å². The lowest BCUT2D eigenvalue weighted by Gasteiger charge is -2.13. The molecular weight excluding hydrogens is 405 g/mol. The predicted octanol–water partition coefficient (Wildman–Crippen LogP) is 4.39. The summed E-state index contributed by atoms with van der Waals surface area (Å²) in [7, 11) is 0. The summed E-state index contributed by atoms with van der Waals surface area (Å²) < 4.78 is 14.0. The third-order valence-electron chi connectivity index (χ3n) is 5.74. The van der Waals surface area contributed by atoms with E-state index in [0.29, 0.717) is 28.3 Å². The molecule has 5 aromatic rings. The summed E-state index contributed by atoms with van der Waals surface area (Å²) in [5, 5.41) is 10.9. The van der Waals surface area contributed by atoms with Gasteiger partial charge in [0.1, 0.15) is 16.9 Å². The Morgan fingerprint density at radius 2 is 1.88 bits per heavy atom. The SMILES string of the molecule is Cc1cc(F)cc(-c2nccc3[nH]c(-c4n[nH]c5ccc(C6=CCNCC6)nc45)nc23)c1. The molecule has 0 amide bonds. The fourth-order valence-electron chi connectivity index (χ4n) is 4.23. The Labute approximate surface area is 182 Å². The lowest BCUT2D eigenvalue weighted by Crippen LogP contribution is -2.20. The van der Waals surface area contributed by atoms with Crippen molar-refractivity contribution in [2.24, 2.45) is 0 Å². The van der Waals surface area contributed by atoms with Gasteiger partial charge in [-0.3, -0.25) is 10.1 Å². The molecule has 5 heterocycles. The van der Waals surface area contributed by atoms with Gasteiger partial charge < -0.3 is 10.3 Å². The third-order valence-corrected chi connectivity index (χ3v) is 5.74. The standard InChI is InChI=1S/C24H20FN7/c1-13-10-15(12-16(25)11-13)20-21-18(6-9-27-20)29-24(30-21)23-22-19(31-32-23)3-2-17(28-22)14-4-7-26-8-5-14/h2-4,6,9-12,26H,5,7-8H2,1H3,(H,29,30)(H,31,32). The van der Waals surface area contributed by atoms with Gasteiger partial charge in [-0.1, -0.05) is 6.08 Å². The van der Waals surface area contributed by atoms with Crippen LogP contribution in [0.1, 0.15) is 17.7 Å². The van der Waals surface area contributed by atoms with Gasteiger partial charge in [-0.15, -0.1) is 0 Å². The first-order valence-electron chi connectivity index (χ1n) is 10.5. The number of hydrogen-bond donors (Lipinski definition) is 3. The predicted molar refractivity (Wildman–Crippen MR) is 122 cm³/mol. The topological polar surface area (TPSA) is 95.2 Å². The number of rotatable bonds is 3. The summed E-state index contributed by atoms with van der Waals surface area (Å²) in [6.07, 6.45) is 4.82. The zero-order valence-corrected chi connectivity index (χ0v) is 17.4. The van der Waals surface area contributed by atoms with Gasteiger partial charge in [0.05, 0.1) is 22.4 Å². The number of halogens is 1. The molecule has 0 saturated heterocycles. The van der Waals surface area contributed by atoms with Gasteiger partial charge in [-0.25, -0.2) is 14.4 Å². The van der Waals surface area contributed by atoms with Crippen LogP contribution < -0.4 is 5.32 Å². The van der Waals surface area contributed by atoms with Crippen molar-refractivity contribution in [3.63, 3.8) is 0 Å². The number of pyridine rings is 2. The third kappa shape index (κ3) is 3.16. The zero-order chi connectivity index (χ0) is 21.7. The van der Waals surface area contributed by atoms with E-state index in [1.54, 1.807) is 6.20 Å². The maximum atomic E-state index is 14.0. The number of imidazole rings is 1. The Morgan fingerprint density at radius 1 is 0.969 bits per heavy atom. The molecule has 0 aliphatic carbocycles. The Bertz CT molecular complexity index is 1490. The van der Waals surface area contributed by atoms with Gasteiger partial charge in [0, 0.05) is 18.3 Å². The molecule has 3 N–H and O–H groups in total. The summed E-state index contributed by atoms with van der Waals surface area (Å²) in [6, 6.07) is 10.8. The monoisotopic (exact) mass is 425 g/mol. The number of aromatic amines is 2. The van der Waals surface area contributed by atoms with Gasteiger partial charge in [0.2, 0.25) is 0 Å². The summed E-state index contributed by atoms with van der Waals surface area (Å²) in [5.74, 6) is 0.300. The molecule has 158 valence electrons. The minimum absolute atomic E-state index is 0.295. The molecule has 0 fully saturated rings. The number of nitrogens with zero attached hydrogens (tertiary/aromatic N) is 4. The summed E-state index contributed by atoms with van der Waals surface area (Å²) >= 11 is 0. The van der Waals surface area contributed by atoms with Crippen LogP contribution >= 0.6 is 0 Å². The highest BCUT2D eigenvalue weighted by atomic mass is 19.1. The molecule has 6 rings (SSSR count). The molecular formula is C24H20FN7. The Morgan fingerprint density at radius 3 is 2.72 bits per heavy atom. The first-order valence-corrected chi connectivity index (χ1v) is 10.5. The van der Waals surface area contributed by atoms with Crippen LogP contribution in [0, 0.1) is 12.7 Å². The van der Waals surface area contributed by atoms with Crippen molar-refractivity contribution in [2.75, 3.05) is 13.1 Å². The van der Waals surface area contributed by atoms with Gasteiger partial charge >= 0.3 is 0 Å². The Balaban J connectivity index is 1.49. The number of nitrogens with one attached hydrogen (secondary N) is 3. The van der Waals surface area contributed by atoms with Crippen LogP contribution in [0.5, 0.6) is 0 Å². The Kier molecular flexibility index (Phi) is 4.32. The maximum Gasteiger partial charge on any atom is 0.161 e. The Hall–Kier alpha value is -3.91. The molecule has 0 radical (unpaired) electrons. The zero-order valence-electron chi connectivity index (χ0n) is 17.4. The van der Waals surface area contributed by atoms with Crippen LogP contribution in [0.2, 0.25) is 0 Å². The minimum atomic E-state index is -0.295. The molecule has 4 aromatic heterocycles. The highest BCUT2D eigenvalue weighted by molar-refractivity contribution is 5.95. The number of hydrogen-bond acceptors (Lipinski definition) is 5. The fourth-order valence-corrected chi connectivity index (χ4v) is 4.23. The number of H-pyrrole nitrogens is 2. The van der Waals surface area contributed by atoms with E-state index in [1.807, 2.05) is 31.2 Å². The van der Waals surface area contributed by atoms with Crippen LogP contribution in [0.3, 0.4) is 0 Å². The van der Waals surface area contributed by atoms with Crippen molar-refractivity contribution in [1.82, 2.24) is 35.5 Å². The van der Waals surface area contributed by atoms with Crippen molar-refractivity contribution in [3.8, 4) is 22.8 Å². The summed E-state index contributed by atoms with van der Waals surface area (Å²) in [4.78, 5) is 17.5. The van der Waals surface area contributed by atoms with Crippen LogP contribution in [-0.4, -0.2) is 43.2 Å². The molecule has 8 heteroatoms. The molecule has 0 bridgehead atoms. The molecule has 0 spiro atoms. The molecule has 32 heavy (non-hydrogen) atoms. The number of aromatic nitrogens is 6. The lowest BCUT2D eigenvalue weighted by atomic mass is 10.1. The quantitative estimate of drug-likeness (QED) is 0.399. The van der Waals surface area contributed by atoms with E-state index in [2.05, 4.69) is 31.6 Å². The summed E-state index contributed by atoms with van der Waals surface area (Å²) in [5.41, 5.74) is 8.06. The molecule has 0 saturated carbocycles. The van der Waals surface area contributed by atoms with Gasteiger partial charge in [-0.2, -0.15) is 5.10 Å². The number of aryl methyl sites for hydroxylation is 1.